The Labute approximate surface area is 123 Å². The van der Waals surface area contributed by atoms with E-state index in [1.165, 1.54) is 19.9 Å². The molecule has 0 bridgehead atoms. The Balaban J connectivity index is 2.51. The van der Waals surface area contributed by atoms with Crippen molar-refractivity contribution in [2.75, 3.05) is 4.72 Å². The lowest BCUT2D eigenvalue weighted by Crippen LogP contribution is -2.16. The van der Waals surface area contributed by atoms with Crippen molar-refractivity contribution in [3.8, 4) is 5.75 Å². The first-order chi connectivity index (χ1) is 9.72. The summed E-state index contributed by atoms with van der Waals surface area (Å²) in [7, 11) is -3.91. The van der Waals surface area contributed by atoms with Gasteiger partial charge < -0.3 is 5.11 Å². The maximum Gasteiger partial charge on any atom is 0.262 e. The van der Waals surface area contributed by atoms with Crippen LogP contribution in [0.5, 0.6) is 5.75 Å². The number of hydrogen-bond acceptors (Lipinski definition) is 3. The Morgan fingerprint density at radius 1 is 1.05 bits per heavy atom. The molecular weight excluding hydrogens is 293 g/mol. The monoisotopic (exact) mass is 309 g/mol. The van der Waals surface area contributed by atoms with Gasteiger partial charge in [-0.25, -0.2) is 12.8 Å². The van der Waals surface area contributed by atoms with Gasteiger partial charge in [-0.2, -0.15) is 0 Å². The average Bonchev–Trinajstić information content (AvgIpc) is 2.33. The highest BCUT2D eigenvalue weighted by Gasteiger charge is 2.21. The minimum absolute atomic E-state index is 0.0183. The van der Waals surface area contributed by atoms with E-state index in [-0.39, 0.29) is 16.3 Å². The summed E-state index contributed by atoms with van der Waals surface area (Å²) in [6, 6.07) is 7.10. The maximum atomic E-state index is 13.3. The number of aromatic hydroxyl groups is 1. The van der Waals surface area contributed by atoms with Crippen molar-refractivity contribution >= 4 is 15.7 Å². The van der Waals surface area contributed by atoms with E-state index >= 15 is 0 Å². The fraction of sp³-hybridized carbons (Fsp3) is 0.200. The minimum atomic E-state index is -3.91. The molecule has 4 nitrogen and oxygen atoms in total. The molecule has 0 fully saturated rings. The van der Waals surface area contributed by atoms with Crippen LogP contribution in [0, 0.1) is 26.6 Å². The third-order valence-electron chi connectivity index (χ3n) is 3.18. The van der Waals surface area contributed by atoms with Crippen molar-refractivity contribution in [1.82, 2.24) is 0 Å². The van der Waals surface area contributed by atoms with E-state index in [2.05, 4.69) is 4.72 Å². The van der Waals surface area contributed by atoms with E-state index in [9.17, 15) is 17.9 Å². The molecule has 21 heavy (non-hydrogen) atoms. The highest BCUT2D eigenvalue weighted by atomic mass is 32.2. The third-order valence-corrected chi connectivity index (χ3v) is 4.85. The second-order valence-corrected chi connectivity index (χ2v) is 6.56. The van der Waals surface area contributed by atoms with Crippen LogP contribution in [-0.2, 0) is 10.0 Å². The van der Waals surface area contributed by atoms with Gasteiger partial charge in [-0.05, 0) is 55.7 Å². The molecule has 0 aliphatic heterocycles. The number of halogens is 1. The van der Waals surface area contributed by atoms with Gasteiger partial charge in [0, 0.05) is 0 Å². The molecule has 2 rings (SSSR count). The number of aryl methyl sites for hydroxylation is 3. The molecule has 0 spiro atoms. The number of rotatable bonds is 3. The van der Waals surface area contributed by atoms with Crippen LogP contribution in [-0.4, -0.2) is 13.5 Å². The fourth-order valence-corrected chi connectivity index (χ4v) is 3.78. The molecule has 0 saturated carbocycles. The van der Waals surface area contributed by atoms with Gasteiger partial charge in [-0.15, -0.1) is 0 Å². The number of nitrogens with one attached hydrogen (secondary N) is 1. The zero-order chi connectivity index (χ0) is 15.8. The number of anilines is 1. The number of phenols is 1. The van der Waals surface area contributed by atoms with Crippen LogP contribution < -0.4 is 4.72 Å². The van der Waals surface area contributed by atoms with Gasteiger partial charge in [0.2, 0.25) is 0 Å². The Kier molecular flexibility index (Phi) is 3.91. The summed E-state index contributed by atoms with van der Waals surface area (Å²) in [5.74, 6) is -0.610. The lowest BCUT2D eigenvalue weighted by atomic mass is 10.1. The first-order valence-corrected chi connectivity index (χ1v) is 7.79. The molecule has 112 valence electrons. The van der Waals surface area contributed by atoms with Gasteiger partial charge in [0.05, 0.1) is 10.6 Å². The molecule has 0 aromatic heterocycles. The molecule has 0 aliphatic carbocycles. The topological polar surface area (TPSA) is 66.4 Å². The minimum Gasteiger partial charge on any atom is -0.505 e. The summed E-state index contributed by atoms with van der Waals surface area (Å²) in [5, 5.41) is 9.90. The Hall–Kier alpha value is -2.08. The van der Waals surface area contributed by atoms with Crippen molar-refractivity contribution in [2.45, 2.75) is 25.7 Å². The van der Waals surface area contributed by atoms with Gasteiger partial charge in [0.1, 0.15) is 11.6 Å². The van der Waals surface area contributed by atoms with Crippen LogP contribution in [0.4, 0.5) is 10.1 Å². The van der Waals surface area contributed by atoms with Crippen LogP contribution in [0.1, 0.15) is 16.7 Å². The molecule has 2 aromatic carbocycles. The van der Waals surface area contributed by atoms with E-state index in [4.69, 9.17) is 0 Å². The van der Waals surface area contributed by atoms with Gasteiger partial charge in [-0.3, -0.25) is 4.72 Å². The second-order valence-electron chi connectivity index (χ2n) is 4.95. The second kappa shape index (κ2) is 5.37. The molecule has 0 atom stereocenters. The molecule has 2 aromatic rings. The molecule has 0 radical (unpaired) electrons. The van der Waals surface area contributed by atoms with Crippen LogP contribution >= 0.6 is 0 Å². The summed E-state index contributed by atoms with van der Waals surface area (Å²) in [4.78, 5) is 0.0183. The highest BCUT2D eigenvalue weighted by Crippen LogP contribution is 2.30. The number of benzene rings is 2. The van der Waals surface area contributed by atoms with Crippen molar-refractivity contribution < 1.29 is 17.9 Å². The lowest BCUT2D eigenvalue weighted by Gasteiger charge is -2.14. The molecule has 0 amide bonds. The number of phenolic OH excluding ortho intramolecular Hbond substituents is 1. The summed E-state index contributed by atoms with van der Waals surface area (Å²) in [6.45, 7) is 4.73. The molecule has 0 unspecified atom stereocenters. The quantitative estimate of drug-likeness (QED) is 0.855. The Morgan fingerprint density at radius 3 is 2.19 bits per heavy atom. The van der Waals surface area contributed by atoms with E-state index in [0.29, 0.717) is 16.7 Å². The van der Waals surface area contributed by atoms with Crippen molar-refractivity contribution in [3.63, 3.8) is 0 Å². The zero-order valence-electron chi connectivity index (χ0n) is 11.9. The van der Waals surface area contributed by atoms with E-state index in [1.807, 2.05) is 0 Å². The van der Waals surface area contributed by atoms with E-state index < -0.39 is 15.8 Å². The van der Waals surface area contributed by atoms with Crippen molar-refractivity contribution in [2.24, 2.45) is 0 Å². The van der Waals surface area contributed by atoms with Crippen LogP contribution in [0.25, 0.3) is 0 Å². The zero-order valence-corrected chi connectivity index (χ0v) is 12.8. The largest absolute Gasteiger partial charge is 0.505 e. The first kappa shape index (κ1) is 15.3. The predicted octanol–water partition coefficient (Wildman–Crippen LogP) is 3.26. The number of para-hydroxylation sites is 1. The van der Waals surface area contributed by atoms with Crippen molar-refractivity contribution in [1.29, 1.82) is 0 Å². The smallest absolute Gasteiger partial charge is 0.262 e. The van der Waals surface area contributed by atoms with Gasteiger partial charge in [-0.1, -0.05) is 12.1 Å². The van der Waals surface area contributed by atoms with Gasteiger partial charge in [0.25, 0.3) is 10.0 Å². The van der Waals surface area contributed by atoms with E-state index in [0.717, 1.165) is 12.1 Å². The molecule has 0 heterocycles. The predicted molar refractivity (Wildman–Crippen MR) is 79.5 cm³/mol. The molecule has 6 heteroatoms. The molecule has 0 aliphatic rings. The molecular formula is C15H16FNO3S. The number of hydrogen-bond donors (Lipinski definition) is 2. The Morgan fingerprint density at radius 2 is 1.62 bits per heavy atom. The van der Waals surface area contributed by atoms with Crippen molar-refractivity contribution in [3.05, 3.63) is 52.8 Å². The maximum absolute atomic E-state index is 13.3. The summed E-state index contributed by atoms with van der Waals surface area (Å²) >= 11 is 0. The fourth-order valence-electron chi connectivity index (χ4n) is 2.26. The summed E-state index contributed by atoms with van der Waals surface area (Å²) in [6.07, 6.45) is 0. The lowest BCUT2D eigenvalue weighted by molar-refractivity contribution is 0.473. The van der Waals surface area contributed by atoms with Crippen LogP contribution in [0.15, 0.2) is 35.2 Å². The summed E-state index contributed by atoms with van der Waals surface area (Å²) < 4.78 is 40.6. The normalized spacial score (nSPS) is 11.4. The molecule has 2 N–H and O–H groups in total. The first-order valence-electron chi connectivity index (χ1n) is 6.30. The third kappa shape index (κ3) is 3.00. The van der Waals surface area contributed by atoms with Crippen LogP contribution in [0.3, 0.4) is 0 Å². The van der Waals surface area contributed by atoms with E-state index in [1.54, 1.807) is 19.1 Å². The average molecular weight is 309 g/mol. The van der Waals surface area contributed by atoms with Gasteiger partial charge >= 0.3 is 0 Å². The Bertz CT molecular complexity index is 778. The highest BCUT2D eigenvalue weighted by molar-refractivity contribution is 7.92. The SMILES string of the molecule is Cc1cccc(NS(=O)(=O)c2c(C)cc(F)cc2C)c1O. The molecule has 0 saturated heterocycles. The van der Waals surface area contributed by atoms with Crippen LogP contribution in [0.2, 0.25) is 0 Å². The standard InChI is InChI=1S/C15H16FNO3S/c1-9-5-4-6-13(14(9)18)17-21(19,20)15-10(2)7-12(16)8-11(15)3/h4-8,17-18H,1-3H3. The number of sulfonamides is 1. The summed E-state index contributed by atoms with van der Waals surface area (Å²) in [5.41, 5.74) is 1.28. The van der Waals surface area contributed by atoms with Gasteiger partial charge in [0.15, 0.2) is 0 Å².